The Morgan fingerprint density at radius 2 is 2.22 bits per heavy atom. The highest BCUT2D eigenvalue weighted by atomic mass is 16.5. The fourth-order valence-electron chi connectivity index (χ4n) is 1.35. The predicted molar refractivity (Wildman–Crippen MR) is 64.8 cm³/mol. The Labute approximate surface area is 105 Å². The Morgan fingerprint density at radius 3 is 3.00 bits per heavy atom. The van der Waals surface area contributed by atoms with Gasteiger partial charge in [0, 0.05) is 18.4 Å². The largest absolute Gasteiger partial charge is 0.484 e. The minimum absolute atomic E-state index is 0.211. The summed E-state index contributed by atoms with van der Waals surface area (Å²) in [5.74, 6) is 1.59. The van der Waals surface area contributed by atoms with Crippen LogP contribution in [0.25, 0.3) is 0 Å². The van der Waals surface area contributed by atoms with Gasteiger partial charge >= 0.3 is 0 Å². The van der Waals surface area contributed by atoms with Crippen molar-refractivity contribution in [2.45, 2.75) is 20.1 Å². The number of hydrogen-bond donors (Lipinski definition) is 1. The monoisotopic (exact) mass is 249 g/mol. The van der Waals surface area contributed by atoms with Crippen LogP contribution in [0.4, 0.5) is 5.69 Å². The smallest absolute Gasteiger partial charge is 0.264 e. The van der Waals surface area contributed by atoms with E-state index in [4.69, 9.17) is 19.7 Å². The van der Waals surface area contributed by atoms with Gasteiger partial charge in [0.05, 0.1) is 0 Å². The minimum Gasteiger partial charge on any atom is -0.484 e. The molecule has 0 aliphatic carbocycles. The summed E-state index contributed by atoms with van der Waals surface area (Å²) in [6.45, 7) is 3.08. The molecular weight excluding hydrogens is 234 g/mol. The van der Waals surface area contributed by atoms with Crippen LogP contribution in [0, 0.1) is 0 Å². The molecule has 1 aromatic carbocycles. The number of benzene rings is 1. The maximum absolute atomic E-state index is 5.64. The van der Waals surface area contributed by atoms with Crippen LogP contribution in [0.15, 0.2) is 28.8 Å². The van der Waals surface area contributed by atoms with E-state index < -0.39 is 0 Å². The van der Waals surface area contributed by atoms with Crippen molar-refractivity contribution in [2.24, 2.45) is 0 Å². The van der Waals surface area contributed by atoms with Gasteiger partial charge in [-0.2, -0.15) is 4.98 Å². The highest BCUT2D eigenvalue weighted by Gasteiger charge is 2.06. The fourth-order valence-corrected chi connectivity index (χ4v) is 1.35. The number of aromatic nitrogens is 2. The summed E-state index contributed by atoms with van der Waals surface area (Å²) in [7, 11) is 0. The molecule has 2 N–H and O–H groups in total. The average Bonchev–Trinajstić information content (AvgIpc) is 2.82. The average molecular weight is 249 g/mol. The second-order valence-corrected chi connectivity index (χ2v) is 3.60. The molecule has 2 rings (SSSR count). The lowest BCUT2D eigenvalue weighted by molar-refractivity contribution is 0.126. The zero-order valence-electron chi connectivity index (χ0n) is 10.1. The molecule has 0 bridgehead atoms. The molecular formula is C12H15N3O3. The summed E-state index contributed by atoms with van der Waals surface area (Å²) < 4.78 is 15.7. The van der Waals surface area contributed by atoms with Crippen LogP contribution in [-0.4, -0.2) is 16.7 Å². The SMILES string of the molecule is CCOCc1noc(COc2cccc(N)c2)n1. The van der Waals surface area contributed by atoms with Crippen LogP contribution in [0.1, 0.15) is 18.6 Å². The Balaban J connectivity index is 1.88. The van der Waals surface area contributed by atoms with Crippen molar-refractivity contribution in [1.82, 2.24) is 10.1 Å². The Kier molecular flexibility index (Phi) is 4.14. The van der Waals surface area contributed by atoms with Gasteiger partial charge in [0.25, 0.3) is 5.89 Å². The van der Waals surface area contributed by atoms with E-state index in [-0.39, 0.29) is 6.61 Å². The molecule has 96 valence electrons. The van der Waals surface area contributed by atoms with Crippen LogP contribution < -0.4 is 10.5 Å². The second-order valence-electron chi connectivity index (χ2n) is 3.60. The standard InChI is InChI=1S/C12H15N3O3/c1-2-16-7-11-14-12(18-15-11)8-17-10-5-3-4-9(13)6-10/h3-6H,2,7-8,13H2,1H3. The lowest BCUT2D eigenvalue weighted by Crippen LogP contribution is -1.98. The number of rotatable bonds is 6. The van der Waals surface area contributed by atoms with Gasteiger partial charge in [-0.1, -0.05) is 11.2 Å². The third-order valence-corrected chi connectivity index (χ3v) is 2.17. The molecule has 0 aliphatic heterocycles. The molecule has 6 heteroatoms. The molecule has 0 amide bonds. The molecule has 0 atom stereocenters. The maximum Gasteiger partial charge on any atom is 0.264 e. The van der Waals surface area contributed by atoms with Gasteiger partial charge in [-0.05, 0) is 19.1 Å². The topological polar surface area (TPSA) is 83.4 Å². The highest BCUT2D eigenvalue weighted by Crippen LogP contribution is 2.15. The number of ether oxygens (including phenoxy) is 2. The van der Waals surface area contributed by atoms with Crippen molar-refractivity contribution >= 4 is 5.69 Å². The molecule has 0 saturated heterocycles. The van der Waals surface area contributed by atoms with E-state index >= 15 is 0 Å². The van der Waals surface area contributed by atoms with Gasteiger partial charge < -0.3 is 19.7 Å². The van der Waals surface area contributed by atoms with Gasteiger partial charge in [0.2, 0.25) is 0 Å². The van der Waals surface area contributed by atoms with Crippen molar-refractivity contribution in [3.05, 3.63) is 36.0 Å². The second kappa shape index (κ2) is 6.02. The van der Waals surface area contributed by atoms with E-state index in [2.05, 4.69) is 10.1 Å². The Hall–Kier alpha value is -2.08. The van der Waals surface area contributed by atoms with Crippen molar-refractivity contribution < 1.29 is 14.0 Å². The van der Waals surface area contributed by atoms with Crippen LogP contribution in [0.2, 0.25) is 0 Å². The predicted octanol–water partition coefficient (Wildman–Crippen LogP) is 1.77. The lowest BCUT2D eigenvalue weighted by Gasteiger charge is -2.03. The third-order valence-electron chi connectivity index (χ3n) is 2.17. The lowest BCUT2D eigenvalue weighted by atomic mass is 10.3. The molecule has 2 aromatic rings. The summed E-state index contributed by atoms with van der Waals surface area (Å²) >= 11 is 0. The van der Waals surface area contributed by atoms with E-state index in [1.807, 2.05) is 19.1 Å². The summed E-state index contributed by atoms with van der Waals surface area (Å²) in [4.78, 5) is 4.13. The number of nitrogens with zero attached hydrogens (tertiary/aromatic N) is 2. The van der Waals surface area contributed by atoms with E-state index in [0.29, 0.717) is 36.4 Å². The van der Waals surface area contributed by atoms with Crippen LogP contribution in [0.5, 0.6) is 5.75 Å². The van der Waals surface area contributed by atoms with E-state index in [9.17, 15) is 0 Å². The first kappa shape index (κ1) is 12.4. The van der Waals surface area contributed by atoms with Gasteiger partial charge in [-0.3, -0.25) is 0 Å². The maximum atomic E-state index is 5.64. The molecule has 0 unspecified atom stereocenters. The number of hydrogen-bond acceptors (Lipinski definition) is 6. The van der Waals surface area contributed by atoms with Gasteiger partial charge in [-0.15, -0.1) is 0 Å². The number of nitrogen functional groups attached to an aromatic ring is 1. The summed E-state index contributed by atoms with van der Waals surface area (Å²) in [6.07, 6.45) is 0. The zero-order chi connectivity index (χ0) is 12.8. The quantitative estimate of drug-likeness (QED) is 0.785. The molecule has 0 saturated carbocycles. The van der Waals surface area contributed by atoms with Crippen molar-refractivity contribution in [1.29, 1.82) is 0 Å². The van der Waals surface area contributed by atoms with Crippen LogP contribution in [0.3, 0.4) is 0 Å². The molecule has 1 heterocycles. The van der Waals surface area contributed by atoms with Crippen LogP contribution in [-0.2, 0) is 18.0 Å². The van der Waals surface area contributed by atoms with E-state index in [0.717, 1.165) is 0 Å². The van der Waals surface area contributed by atoms with E-state index in [1.165, 1.54) is 0 Å². The molecule has 0 fully saturated rings. The van der Waals surface area contributed by atoms with E-state index in [1.54, 1.807) is 12.1 Å². The van der Waals surface area contributed by atoms with Gasteiger partial charge in [0.15, 0.2) is 12.4 Å². The first-order valence-electron chi connectivity index (χ1n) is 5.65. The number of anilines is 1. The molecule has 0 aliphatic rings. The first-order chi connectivity index (χ1) is 8.78. The molecule has 0 spiro atoms. The van der Waals surface area contributed by atoms with Gasteiger partial charge in [0.1, 0.15) is 12.4 Å². The Bertz CT molecular complexity index is 499. The molecule has 1 aromatic heterocycles. The molecule has 18 heavy (non-hydrogen) atoms. The number of nitrogens with two attached hydrogens (primary N) is 1. The van der Waals surface area contributed by atoms with Gasteiger partial charge in [-0.25, -0.2) is 0 Å². The zero-order valence-corrected chi connectivity index (χ0v) is 10.1. The van der Waals surface area contributed by atoms with Crippen LogP contribution >= 0.6 is 0 Å². The normalized spacial score (nSPS) is 10.5. The minimum atomic E-state index is 0.211. The Morgan fingerprint density at radius 1 is 1.33 bits per heavy atom. The third kappa shape index (κ3) is 3.46. The van der Waals surface area contributed by atoms with Crippen molar-refractivity contribution in [3.8, 4) is 5.75 Å². The molecule has 0 radical (unpaired) electrons. The molecule has 6 nitrogen and oxygen atoms in total. The summed E-state index contributed by atoms with van der Waals surface area (Å²) in [5.41, 5.74) is 6.29. The summed E-state index contributed by atoms with van der Waals surface area (Å²) in [5, 5.41) is 3.77. The van der Waals surface area contributed by atoms with Crippen molar-refractivity contribution in [2.75, 3.05) is 12.3 Å². The first-order valence-corrected chi connectivity index (χ1v) is 5.65. The summed E-state index contributed by atoms with van der Waals surface area (Å²) in [6, 6.07) is 7.16. The fraction of sp³-hybridized carbons (Fsp3) is 0.333. The van der Waals surface area contributed by atoms with Crippen molar-refractivity contribution in [3.63, 3.8) is 0 Å². The highest BCUT2D eigenvalue weighted by molar-refractivity contribution is 5.43.